The lowest BCUT2D eigenvalue weighted by Crippen LogP contribution is -2.30. The zero-order valence-corrected chi connectivity index (χ0v) is 15.6. The number of Topliss-reactive ketones (excluding diaryl/α,β-unsaturated/α-hetero) is 1. The zero-order valence-electron chi connectivity index (χ0n) is 14.8. The fraction of sp³-hybridized carbons (Fsp3) is 0.200. The van der Waals surface area contributed by atoms with Crippen molar-refractivity contribution in [2.75, 3.05) is 0 Å². The summed E-state index contributed by atoms with van der Waals surface area (Å²) in [5, 5.41) is 12.5. The molecule has 6 nitrogen and oxygen atoms in total. The minimum Gasteiger partial charge on any atom is -0.503 e. The number of amides is 1. The number of aliphatic hydroxyl groups excluding tert-OH is 1. The van der Waals surface area contributed by atoms with E-state index in [0.29, 0.717) is 11.5 Å². The zero-order chi connectivity index (χ0) is 19.1. The van der Waals surface area contributed by atoms with E-state index in [0.717, 1.165) is 10.4 Å². The molecule has 4 heterocycles. The first-order chi connectivity index (χ1) is 13.0. The summed E-state index contributed by atoms with van der Waals surface area (Å²) in [4.78, 5) is 28.1. The average Bonchev–Trinajstić information content (AvgIpc) is 3.41. The van der Waals surface area contributed by atoms with E-state index in [-0.39, 0.29) is 17.9 Å². The summed E-state index contributed by atoms with van der Waals surface area (Å²) in [6, 6.07) is 7.93. The molecule has 0 fully saturated rings. The highest BCUT2D eigenvalue weighted by molar-refractivity contribution is 7.10. The van der Waals surface area contributed by atoms with Crippen LogP contribution in [-0.2, 0) is 11.3 Å². The minimum absolute atomic E-state index is 0.0338. The van der Waals surface area contributed by atoms with Crippen molar-refractivity contribution in [3.63, 3.8) is 0 Å². The van der Waals surface area contributed by atoms with Crippen molar-refractivity contribution in [1.82, 2.24) is 4.90 Å². The quantitative estimate of drug-likeness (QED) is 0.663. The van der Waals surface area contributed by atoms with E-state index < -0.39 is 23.5 Å². The Bertz CT molecular complexity index is 1040. The molecule has 7 heteroatoms. The van der Waals surface area contributed by atoms with Gasteiger partial charge in [0.15, 0.2) is 11.5 Å². The Morgan fingerprint density at radius 1 is 1.26 bits per heavy atom. The van der Waals surface area contributed by atoms with Crippen molar-refractivity contribution in [2.24, 2.45) is 0 Å². The van der Waals surface area contributed by atoms with Crippen molar-refractivity contribution in [3.8, 4) is 0 Å². The summed E-state index contributed by atoms with van der Waals surface area (Å²) in [6.45, 7) is 3.79. The Morgan fingerprint density at radius 3 is 2.67 bits per heavy atom. The highest BCUT2D eigenvalue weighted by Crippen LogP contribution is 2.43. The number of ketones is 1. The lowest BCUT2D eigenvalue weighted by atomic mass is 9.98. The van der Waals surface area contributed by atoms with Gasteiger partial charge in [0.05, 0.1) is 18.4 Å². The first-order valence-corrected chi connectivity index (χ1v) is 9.27. The number of carbonyl (C=O) groups excluding carboxylic acids is 2. The Hall–Kier alpha value is -3.06. The van der Waals surface area contributed by atoms with Crippen molar-refractivity contribution in [3.05, 3.63) is 81.0 Å². The third-order valence-electron chi connectivity index (χ3n) is 4.57. The molecule has 1 amide bonds. The molecule has 3 aromatic heterocycles. The van der Waals surface area contributed by atoms with Crippen LogP contribution in [0.4, 0.5) is 0 Å². The molecule has 1 unspecified atom stereocenters. The van der Waals surface area contributed by atoms with Gasteiger partial charge in [0.2, 0.25) is 5.78 Å². The van der Waals surface area contributed by atoms with Gasteiger partial charge in [-0.05, 0) is 55.1 Å². The van der Waals surface area contributed by atoms with Gasteiger partial charge < -0.3 is 18.8 Å². The first-order valence-electron chi connectivity index (χ1n) is 8.39. The Kier molecular flexibility index (Phi) is 4.24. The predicted octanol–water partition coefficient (Wildman–Crippen LogP) is 4.33. The molecule has 1 N–H and O–H groups in total. The van der Waals surface area contributed by atoms with Crippen LogP contribution in [0.1, 0.15) is 38.6 Å². The summed E-state index contributed by atoms with van der Waals surface area (Å²) in [6.07, 6.45) is 1.52. The molecule has 0 saturated heterocycles. The van der Waals surface area contributed by atoms with Crippen LogP contribution in [0.25, 0.3) is 0 Å². The Morgan fingerprint density at radius 2 is 2.07 bits per heavy atom. The molecule has 0 radical (unpaired) electrons. The molecular formula is C20H17NO5S. The number of carbonyl (C=O) groups is 2. The molecule has 0 aromatic carbocycles. The van der Waals surface area contributed by atoms with Crippen LogP contribution in [0.15, 0.2) is 62.1 Å². The molecular weight excluding hydrogens is 366 g/mol. The summed E-state index contributed by atoms with van der Waals surface area (Å²) in [5.41, 5.74) is 0.976. The third kappa shape index (κ3) is 2.90. The SMILES string of the molecule is Cc1ccc(C(=O)C2=C(O)C(=O)N(Cc3ccco3)C2c2sccc2C)o1. The number of rotatable bonds is 5. The standard InChI is InChI=1S/C20H17NO5S/c1-11-7-9-27-19(11)16-15(17(22)14-6-5-12(2)26-14)18(23)20(24)21(16)10-13-4-3-8-25-13/h3-9,16,23H,10H2,1-2H3. The van der Waals surface area contributed by atoms with E-state index in [4.69, 9.17) is 8.83 Å². The molecule has 1 aliphatic heterocycles. The maximum absolute atomic E-state index is 13.1. The van der Waals surface area contributed by atoms with Gasteiger partial charge in [-0.1, -0.05) is 0 Å². The van der Waals surface area contributed by atoms with Crippen LogP contribution in [0.3, 0.4) is 0 Å². The van der Waals surface area contributed by atoms with Gasteiger partial charge in [-0.15, -0.1) is 11.3 Å². The number of thiophene rings is 1. The monoisotopic (exact) mass is 383 g/mol. The number of aliphatic hydroxyl groups is 1. The molecule has 0 aliphatic carbocycles. The molecule has 1 aliphatic rings. The smallest absolute Gasteiger partial charge is 0.290 e. The van der Waals surface area contributed by atoms with Crippen LogP contribution in [-0.4, -0.2) is 21.7 Å². The van der Waals surface area contributed by atoms with Crippen LogP contribution < -0.4 is 0 Å². The van der Waals surface area contributed by atoms with Gasteiger partial charge in [-0.3, -0.25) is 9.59 Å². The largest absolute Gasteiger partial charge is 0.503 e. The van der Waals surface area contributed by atoms with Gasteiger partial charge in [-0.2, -0.15) is 0 Å². The summed E-state index contributed by atoms with van der Waals surface area (Å²) in [7, 11) is 0. The van der Waals surface area contributed by atoms with Crippen molar-refractivity contribution in [1.29, 1.82) is 0 Å². The Balaban J connectivity index is 1.81. The van der Waals surface area contributed by atoms with Crippen molar-refractivity contribution >= 4 is 23.0 Å². The van der Waals surface area contributed by atoms with E-state index in [1.165, 1.54) is 22.5 Å². The van der Waals surface area contributed by atoms with Crippen LogP contribution in [0.5, 0.6) is 0 Å². The second-order valence-electron chi connectivity index (χ2n) is 6.38. The number of nitrogens with zero attached hydrogens (tertiary/aromatic N) is 1. The fourth-order valence-electron chi connectivity index (χ4n) is 3.25. The summed E-state index contributed by atoms with van der Waals surface area (Å²) >= 11 is 1.44. The maximum Gasteiger partial charge on any atom is 0.290 e. The van der Waals surface area contributed by atoms with Gasteiger partial charge in [0, 0.05) is 4.88 Å². The van der Waals surface area contributed by atoms with E-state index in [1.807, 2.05) is 18.4 Å². The van der Waals surface area contributed by atoms with E-state index in [1.54, 1.807) is 31.2 Å². The number of hydrogen-bond donors (Lipinski definition) is 1. The maximum atomic E-state index is 13.1. The molecule has 4 rings (SSSR count). The molecule has 27 heavy (non-hydrogen) atoms. The van der Waals surface area contributed by atoms with Gasteiger partial charge in [0.1, 0.15) is 17.6 Å². The van der Waals surface area contributed by atoms with Crippen LogP contribution in [0, 0.1) is 13.8 Å². The first kappa shape index (κ1) is 17.4. The average molecular weight is 383 g/mol. The highest BCUT2D eigenvalue weighted by Gasteiger charge is 2.45. The Labute approximate surface area is 159 Å². The topological polar surface area (TPSA) is 83.9 Å². The van der Waals surface area contributed by atoms with Gasteiger partial charge in [-0.25, -0.2) is 0 Å². The van der Waals surface area contributed by atoms with E-state index in [2.05, 4.69) is 0 Å². The van der Waals surface area contributed by atoms with Crippen molar-refractivity contribution < 1.29 is 23.5 Å². The number of aryl methyl sites for hydroxylation is 2. The van der Waals surface area contributed by atoms with Gasteiger partial charge >= 0.3 is 0 Å². The molecule has 138 valence electrons. The number of furan rings is 2. The highest BCUT2D eigenvalue weighted by atomic mass is 32.1. The molecule has 1 atom stereocenters. The molecule has 0 spiro atoms. The third-order valence-corrected chi connectivity index (χ3v) is 5.64. The summed E-state index contributed by atoms with van der Waals surface area (Å²) in [5.74, 6) is -0.388. The normalized spacial score (nSPS) is 17.2. The second kappa shape index (κ2) is 6.59. The van der Waals surface area contributed by atoms with E-state index >= 15 is 0 Å². The predicted molar refractivity (Wildman–Crippen MR) is 98.5 cm³/mol. The minimum atomic E-state index is -0.694. The second-order valence-corrected chi connectivity index (χ2v) is 7.33. The van der Waals surface area contributed by atoms with Crippen LogP contribution >= 0.6 is 11.3 Å². The number of hydrogen-bond acceptors (Lipinski definition) is 6. The van der Waals surface area contributed by atoms with Gasteiger partial charge in [0.25, 0.3) is 5.91 Å². The van der Waals surface area contributed by atoms with E-state index in [9.17, 15) is 14.7 Å². The molecule has 0 saturated carbocycles. The fourth-order valence-corrected chi connectivity index (χ4v) is 4.29. The summed E-state index contributed by atoms with van der Waals surface area (Å²) < 4.78 is 10.8. The lowest BCUT2D eigenvalue weighted by Gasteiger charge is -2.25. The molecule has 0 bridgehead atoms. The lowest BCUT2D eigenvalue weighted by molar-refractivity contribution is -0.130. The van der Waals surface area contributed by atoms with Crippen molar-refractivity contribution in [2.45, 2.75) is 26.4 Å². The molecule has 3 aromatic rings. The van der Waals surface area contributed by atoms with Crippen LogP contribution in [0.2, 0.25) is 0 Å².